The lowest BCUT2D eigenvalue weighted by Gasteiger charge is -2.24. The van der Waals surface area contributed by atoms with Crippen LogP contribution in [0.4, 0.5) is 19.0 Å². The minimum Gasteiger partial charge on any atom is -0.354 e. The largest absolute Gasteiger partial charge is 0.416 e. The molecule has 3 heterocycles. The quantitative estimate of drug-likeness (QED) is 0.310. The lowest BCUT2D eigenvalue weighted by molar-refractivity contribution is -0.137. The van der Waals surface area contributed by atoms with Crippen LogP contribution in [0.2, 0.25) is 0 Å². The van der Waals surface area contributed by atoms with Crippen LogP contribution in [0.25, 0.3) is 16.7 Å². The lowest BCUT2D eigenvalue weighted by atomic mass is 10.1. The number of alkyl halides is 3. The average molecular weight is 537 g/mol. The summed E-state index contributed by atoms with van der Waals surface area (Å²) in [5.74, 6) is 1.14. The summed E-state index contributed by atoms with van der Waals surface area (Å²) in [6.07, 6.45) is -1.12. The highest BCUT2D eigenvalue weighted by atomic mass is 19.4. The highest BCUT2D eigenvalue weighted by Crippen LogP contribution is 2.31. The number of para-hydroxylation sites is 1. The van der Waals surface area contributed by atoms with Crippen LogP contribution < -0.4 is 4.90 Å². The number of hydrogen-bond donors (Lipinski definition) is 0. The third-order valence-corrected chi connectivity index (χ3v) is 7.00. The Morgan fingerprint density at radius 2 is 1.77 bits per heavy atom. The lowest BCUT2D eigenvalue weighted by Crippen LogP contribution is -2.35. The third kappa shape index (κ3) is 5.60. The van der Waals surface area contributed by atoms with Crippen molar-refractivity contribution in [2.24, 2.45) is 0 Å². The number of nitrogens with zero attached hydrogens (tertiary/aromatic N) is 6. The van der Waals surface area contributed by atoms with Crippen LogP contribution in [-0.2, 0) is 12.6 Å². The molecule has 39 heavy (non-hydrogen) atoms. The molecule has 204 valence electrons. The van der Waals surface area contributed by atoms with Crippen molar-refractivity contribution in [2.45, 2.75) is 45.7 Å². The van der Waals surface area contributed by atoms with Crippen molar-refractivity contribution in [1.29, 1.82) is 0 Å². The highest BCUT2D eigenvalue weighted by molar-refractivity contribution is 5.95. The molecule has 0 unspecified atom stereocenters. The zero-order valence-corrected chi connectivity index (χ0v) is 22.1. The van der Waals surface area contributed by atoms with Crippen molar-refractivity contribution in [2.75, 3.05) is 31.1 Å². The smallest absolute Gasteiger partial charge is 0.354 e. The van der Waals surface area contributed by atoms with Gasteiger partial charge in [0.05, 0.1) is 22.3 Å². The molecule has 0 spiro atoms. The zero-order valence-electron chi connectivity index (χ0n) is 22.1. The molecule has 5 rings (SSSR count). The second kappa shape index (κ2) is 11.0. The van der Waals surface area contributed by atoms with Crippen molar-refractivity contribution in [3.63, 3.8) is 0 Å². The second-order valence-corrected chi connectivity index (χ2v) is 9.81. The summed E-state index contributed by atoms with van der Waals surface area (Å²) in [5.41, 5.74) is 1.70. The Balaban J connectivity index is 1.46. The SMILES string of the molecule is CCCCc1nc(N2CCCN(C(=O)c3cccc(C(F)(F)F)c3)CC2)c2c(C)nn(-c3ccccc3)c2n1. The molecule has 10 heteroatoms. The molecule has 0 bridgehead atoms. The van der Waals surface area contributed by atoms with Crippen molar-refractivity contribution in [1.82, 2.24) is 24.6 Å². The summed E-state index contributed by atoms with van der Waals surface area (Å²) in [4.78, 5) is 26.8. The average Bonchev–Trinajstić information content (AvgIpc) is 3.10. The van der Waals surface area contributed by atoms with E-state index < -0.39 is 17.6 Å². The minimum absolute atomic E-state index is 0.0459. The van der Waals surface area contributed by atoms with E-state index in [-0.39, 0.29) is 5.56 Å². The van der Waals surface area contributed by atoms with Gasteiger partial charge in [-0.15, -0.1) is 0 Å². The molecule has 0 N–H and O–H groups in total. The summed E-state index contributed by atoms with van der Waals surface area (Å²) in [7, 11) is 0. The molecule has 1 fully saturated rings. The number of aryl methyl sites for hydroxylation is 2. The summed E-state index contributed by atoms with van der Waals surface area (Å²) < 4.78 is 41.5. The van der Waals surface area contributed by atoms with Gasteiger partial charge in [-0.2, -0.15) is 18.3 Å². The molecule has 1 aliphatic heterocycles. The van der Waals surface area contributed by atoms with E-state index in [4.69, 9.17) is 15.1 Å². The van der Waals surface area contributed by atoms with Crippen LogP contribution in [0.15, 0.2) is 54.6 Å². The van der Waals surface area contributed by atoms with Gasteiger partial charge in [-0.05, 0) is 50.1 Å². The molecule has 2 aromatic heterocycles. The van der Waals surface area contributed by atoms with Gasteiger partial charge in [-0.3, -0.25) is 4.79 Å². The maximum Gasteiger partial charge on any atom is 0.416 e. The van der Waals surface area contributed by atoms with Crippen molar-refractivity contribution < 1.29 is 18.0 Å². The van der Waals surface area contributed by atoms with Crippen LogP contribution in [0, 0.1) is 6.92 Å². The topological polar surface area (TPSA) is 67.2 Å². The van der Waals surface area contributed by atoms with Crippen molar-refractivity contribution >= 4 is 22.8 Å². The summed E-state index contributed by atoms with van der Waals surface area (Å²) in [6, 6.07) is 14.5. The summed E-state index contributed by atoms with van der Waals surface area (Å²) in [5, 5.41) is 5.67. The third-order valence-electron chi connectivity index (χ3n) is 7.00. The van der Waals surface area contributed by atoms with Gasteiger partial charge in [0.25, 0.3) is 5.91 Å². The molecule has 1 aliphatic rings. The molecule has 0 aliphatic carbocycles. The molecule has 4 aromatic rings. The van der Waals surface area contributed by atoms with Crippen LogP contribution >= 0.6 is 0 Å². The maximum absolute atomic E-state index is 13.2. The molecule has 7 nitrogen and oxygen atoms in total. The summed E-state index contributed by atoms with van der Waals surface area (Å²) in [6.45, 7) is 6.05. The molecule has 1 saturated heterocycles. The Kier molecular flexibility index (Phi) is 7.54. The van der Waals surface area contributed by atoms with Crippen LogP contribution in [-0.4, -0.2) is 56.7 Å². The van der Waals surface area contributed by atoms with E-state index in [1.54, 1.807) is 4.90 Å². The number of benzene rings is 2. The van der Waals surface area contributed by atoms with Crippen LogP contribution in [0.5, 0.6) is 0 Å². The van der Waals surface area contributed by atoms with E-state index >= 15 is 0 Å². The van der Waals surface area contributed by atoms with E-state index in [2.05, 4.69) is 11.8 Å². The van der Waals surface area contributed by atoms with E-state index in [9.17, 15) is 18.0 Å². The number of carbonyl (C=O) groups excluding carboxylic acids is 1. The second-order valence-electron chi connectivity index (χ2n) is 9.81. The standard InChI is InChI=1S/C29H31F3N6O/c1-3-4-14-24-33-26(25-20(2)35-38(27(25)34-24)23-12-6-5-7-13-23)36-15-9-16-37(18-17-36)28(39)21-10-8-11-22(19-21)29(30,31)32/h5-8,10-13,19H,3-4,9,14-18H2,1-2H3. The predicted molar refractivity (Wildman–Crippen MR) is 144 cm³/mol. The Labute approximate surface area is 225 Å². The molecular formula is C29H31F3N6O. The number of amides is 1. The number of halogens is 3. The van der Waals surface area contributed by atoms with E-state index in [1.807, 2.05) is 41.9 Å². The van der Waals surface area contributed by atoms with E-state index in [0.29, 0.717) is 32.6 Å². The first-order valence-corrected chi connectivity index (χ1v) is 13.3. The Bertz CT molecular complexity index is 1470. The van der Waals surface area contributed by atoms with Crippen molar-refractivity contribution in [3.05, 3.63) is 77.2 Å². The van der Waals surface area contributed by atoms with E-state index in [0.717, 1.165) is 65.5 Å². The van der Waals surface area contributed by atoms with Gasteiger partial charge in [-0.25, -0.2) is 14.6 Å². The highest BCUT2D eigenvalue weighted by Gasteiger charge is 2.32. The van der Waals surface area contributed by atoms with Crippen molar-refractivity contribution in [3.8, 4) is 5.69 Å². The Morgan fingerprint density at radius 3 is 2.51 bits per heavy atom. The monoisotopic (exact) mass is 536 g/mol. The van der Waals surface area contributed by atoms with Gasteiger partial charge >= 0.3 is 6.18 Å². The Morgan fingerprint density at radius 1 is 0.974 bits per heavy atom. The molecule has 0 radical (unpaired) electrons. The van der Waals surface area contributed by atoms with Gasteiger partial charge in [-0.1, -0.05) is 37.6 Å². The fourth-order valence-corrected chi connectivity index (χ4v) is 4.97. The first-order valence-electron chi connectivity index (χ1n) is 13.3. The van der Waals surface area contributed by atoms with Crippen LogP contribution in [0.3, 0.4) is 0 Å². The number of anilines is 1. The fourth-order valence-electron chi connectivity index (χ4n) is 4.97. The first-order chi connectivity index (χ1) is 18.8. The van der Waals surface area contributed by atoms with Gasteiger partial charge < -0.3 is 9.80 Å². The molecular weight excluding hydrogens is 505 g/mol. The Hall–Kier alpha value is -3.95. The number of hydrogen-bond acceptors (Lipinski definition) is 5. The molecule has 0 saturated carbocycles. The molecule has 0 atom stereocenters. The zero-order chi connectivity index (χ0) is 27.6. The number of rotatable bonds is 6. The van der Waals surface area contributed by atoms with Gasteiger partial charge in [0.2, 0.25) is 0 Å². The minimum atomic E-state index is -4.50. The van der Waals surface area contributed by atoms with Gasteiger partial charge in [0.15, 0.2) is 5.65 Å². The number of unbranched alkanes of at least 4 members (excludes halogenated alkanes) is 1. The first kappa shape index (κ1) is 26.6. The number of carbonyl (C=O) groups is 1. The molecule has 2 aromatic carbocycles. The fraction of sp³-hybridized carbons (Fsp3) is 0.379. The van der Waals surface area contributed by atoms with E-state index in [1.165, 1.54) is 12.1 Å². The predicted octanol–water partition coefficient (Wildman–Crippen LogP) is 5.84. The maximum atomic E-state index is 13.2. The molecule has 1 amide bonds. The number of aromatic nitrogens is 4. The van der Waals surface area contributed by atoms with Crippen LogP contribution in [0.1, 0.15) is 53.6 Å². The van der Waals surface area contributed by atoms with Gasteiger partial charge in [0.1, 0.15) is 11.6 Å². The summed E-state index contributed by atoms with van der Waals surface area (Å²) >= 11 is 0. The number of fused-ring (bicyclic) bond motifs is 1. The van der Waals surface area contributed by atoms with Gasteiger partial charge in [0, 0.05) is 38.2 Å². The normalized spacial score (nSPS) is 14.6.